The lowest BCUT2D eigenvalue weighted by Gasteiger charge is -2.30. The van der Waals surface area contributed by atoms with Crippen LogP contribution in [0, 0.1) is 0 Å². The summed E-state index contributed by atoms with van der Waals surface area (Å²) in [6.45, 7) is 9.42. The Hall–Kier alpha value is -3.81. The Morgan fingerprint density at radius 2 is 1.69 bits per heavy atom. The Morgan fingerprint density at radius 3 is 2.21 bits per heavy atom. The number of carboxylic acids is 1. The number of hydrogen-bond acceptors (Lipinski definition) is 15. The highest BCUT2D eigenvalue weighted by Crippen LogP contribution is 2.45. The fourth-order valence-corrected chi connectivity index (χ4v) is 7.56. The minimum absolute atomic E-state index is 0.0120. The second-order valence-electron chi connectivity index (χ2n) is 12.0. The summed E-state index contributed by atoms with van der Waals surface area (Å²) < 4.78 is 37.9. The summed E-state index contributed by atoms with van der Waals surface area (Å²) in [6, 6.07) is -0.813. The van der Waals surface area contributed by atoms with E-state index in [9.17, 15) is 33.6 Å². The third kappa shape index (κ3) is 9.42. The van der Waals surface area contributed by atoms with E-state index in [0.29, 0.717) is 24.1 Å². The van der Waals surface area contributed by atoms with Crippen molar-refractivity contribution < 1.29 is 47.8 Å². The van der Waals surface area contributed by atoms with Gasteiger partial charge in [-0.05, 0) is 54.8 Å². The number of nitrogens with one attached hydrogen (secondary N) is 3. The second-order valence-corrected chi connectivity index (χ2v) is 14.3. The van der Waals surface area contributed by atoms with Crippen molar-refractivity contribution in [2.75, 3.05) is 39.1 Å². The van der Waals surface area contributed by atoms with Crippen LogP contribution in [0.2, 0.25) is 0 Å². The van der Waals surface area contributed by atoms with Crippen LogP contribution >= 0.6 is 7.44 Å². The van der Waals surface area contributed by atoms with Crippen molar-refractivity contribution in [1.82, 2.24) is 39.8 Å². The topological polar surface area (TPSA) is 247 Å². The fraction of sp³-hybridized carbons (Fsp3) is 0.704. The van der Waals surface area contributed by atoms with Crippen LogP contribution < -0.4 is 21.1 Å². The van der Waals surface area contributed by atoms with Gasteiger partial charge in [-0.1, -0.05) is 5.21 Å². The molecule has 1 saturated heterocycles. The highest BCUT2D eigenvalue weighted by atomic mass is 31.2. The summed E-state index contributed by atoms with van der Waals surface area (Å²) in [5.74, 6) is -5.02. The fourth-order valence-electron chi connectivity index (χ4n) is 5.07. The molecule has 48 heavy (non-hydrogen) atoms. The molecular formula is C27H44N9O11P. The monoisotopic (exact) mass is 701 g/mol. The smallest absolute Gasteiger partial charge is 0.343 e. The molecule has 0 bridgehead atoms. The van der Waals surface area contributed by atoms with Gasteiger partial charge in [0.1, 0.15) is 6.10 Å². The number of carbonyl (C=O) groups is 4. The van der Waals surface area contributed by atoms with Gasteiger partial charge in [-0.15, -0.1) is 10.2 Å². The number of aromatic nitrogens is 5. The van der Waals surface area contributed by atoms with E-state index in [4.69, 9.17) is 18.9 Å². The lowest BCUT2D eigenvalue weighted by Crippen LogP contribution is -2.44. The van der Waals surface area contributed by atoms with Crippen molar-refractivity contribution in [1.29, 1.82) is 0 Å². The molecule has 0 aliphatic carbocycles. The van der Waals surface area contributed by atoms with Gasteiger partial charge in [-0.2, -0.15) is 9.36 Å². The zero-order valence-electron chi connectivity index (χ0n) is 28.1. The first kappa shape index (κ1) is 38.6. The van der Waals surface area contributed by atoms with Crippen molar-refractivity contribution in [3.8, 4) is 0 Å². The number of fused-ring (bicyclic) bond motifs is 1. The zero-order valence-corrected chi connectivity index (χ0v) is 29.0. The van der Waals surface area contributed by atoms with Crippen LogP contribution in [-0.4, -0.2) is 129 Å². The van der Waals surface area contributed by atoms with Crippen molar-refractivity contribution >= 4 is 48.6 Å². The van der Waals surface area contributed by atoms with Gasteiger partial charge < -0.3 is 34.3 Å². The van der Waals surface area contributed by atoms with E-state index in [0.717, 1.165) is 25.1 Å². The van der Waals surface area contributed by atoms with Gasteiger partial charge in [0.05, 0.1) is 6.61 Å². The Kier molecular flexibility index (Phi) is 13.3. The highest BCUT2D eigenvalue weighted by Gasteiger charge is 2.52. The standard InChI is InChI=1S/C27H44N9O11P/c1-14(2)31-48(43,32-15(3)4)27(26(41)42)44-12-18-21(45-16(5)38)22(46-17(6)39)25(47-18)36-24(40)20-19(29-33-36)23(30-35(20)13-37)28-10-9-11-34(7)8/h13-15,18,21-22,25,27H,9-12H2,1-8H3,(H,28,30)(H,41,42)(H2,31,32,43). The molecule has 2 aromatic heterocycles. The third-order valence-corrected chi connectivity index (χ3v) is 9.53. The first-order chi connectivity index (χ1) is 22.5. The summed E-state index contributed by atoms with van der Waals surface area (Å²) in [7, 11) is -0.140. The molecule has 0 saturated carbocycles. The molecule has 1 fully saturated rings. The summed E-state index contributed by atoms with van der Waals surface area (Å²) >= 11 is 0. The molecule has 3 heterocycles. The maximum absolute atomic E-state index is 13.8. The number of ether oxygens (including phenoxy) is 4. The van der Waals surface area contributed by atoms with Crippen molar-refractivity contribution in [2.24, 2.45) is 0 Å². The van der Waals surface area contributed by atoms with E-state index < -0.39 is 80.0 Å². The Bertz CT molecular complexity index is 1560. The van der Waals surface area contributed by atoms with E-state index in [-0.39, 0.29) is 16.9 Å². The Morgan fingerprint density at radius 1 is 1.08 bits per heavy atom. The number of hydrogen-bond donors (Lipinski definition) is 4. The molecule has 3 rings (SSSR count). The predicted molar refractivity (Wildman–Crippen MR) is 170 cm³/mol. The molecule has 4 N–H and O–H groups in total. The molecule has 5 unspecified atom stereocenters. The molecule has 1 aliphatic heterocycles. The molecule has 0 radical (unpaired) electrons. The molecule has 268 valence electrons. The molecule has 2 aromatic rings. The SMILES string of the molecule is CC(=O)OC1C(COC(C(=O)O)P(=O)(NC(C)C)NC(C)C)OC(n2nnc3c(NCCCN(C)C)nn(C=O)c3c2=O)C1OC(C)=O. The van der Waals surface area contributed by atoms with Gasteiger partial charge in [0.2, 0.25) is 12.3 Å². The maximum atomic E-state index is 13.8. The van der Waals surface area contributed by atoms with Gasteiger partial charge >= 0.3 is 17.9 Å². The average Bonchev–Trinajstić information content (AvgIpc) is 3.47. The number of aliphatic carboxylic acids is 1. The average molecular weight is 702 g/mol. The minimum Gasteiger partial charge on any atom is -0.479 e. The molecule has 20 nitrogen and oxygen atoms in total. The van der Waals surface area contributed by atoms with Crippen LogP contribution in [0.3, 0.4) is 0 Å². The van der Waals surface area contributed by atoms with Gasteiger partial charge in [-0.3, -0.25) is 23.7 Å². The van der Waals surface area contributed by atoms with Gasteiger partial charge in [0.25, 0.3) is 13.0 Å². The molecule has 0 amide bonds. The highest BCUT2D eigenvalue weighted by molar-refractivity contribution is 7.61. The van der Waals surface area contributed by atoms with E-state index in [1.54, 1.807) is 27.7 Å². The van der Waals surface area contributed by atoms with Crippen LogP contribution in [0.5, 0.6) is 0 Å². The normalized spacial score (nSPS) is 20.4. The number of nitrogens with zero attached hydrogens (tertiary/aromatic N) is 6. The van der Waals surface area contributed by atoms with Gasteiger partial charge in [0.15, 0.2) is 35.3 Å². The van der Waals surface area contributed by atoms with Gasteiger partial charge in [0, 0.05) is 32.5 Å². The summed E-state index contributed by atoms with van der Waals surface area (Å²) in [4.78, 5) is 64.4. The Balaban J connectivity index is 2.03. The van der Waals surface area contributed by atoms with Crippen molar-refractivity contribution in [2.45, 2.75) is 90.4 Å². The van der Waals surface area contributed by atoms with Crippen LogP contribution in [0.1, 0.15) is 54.2 Å². The number of carboxylic acid groups (broad SMARTS) is 1. The Labute approximate surface area is 276 Å². The lowest BCUT2D eigenvalue weighted by molar-refractivity contribution is -0.166. The molecular weight excluding hydrogens is 657 g/mol. The molecule has 21 heteroatoms. The predicted octanol–water partition coefficient (Wildman–Crippen LogP) is -0.233. The molecule has 5 atom stereocenters. The van der Waals surface area contributed by atoms with Crippen LogP contribution in [0.15, 0.2) is 4.79 Å². The quantitative estimate of drug-likeness (QED) is 0.0678. The summed E-state index contributed by atoms with van der Waals surface area (Å²) in [5.41, 5.74) is -1.20. The summed E-state index contributed by atoms with van der Waals surface area (Å²) in [6.07, 6.45) is -4.91. The number of anilines is 1. The minimum atomic E-state index is -3.97. The van der Waals surface area contributed by atoms with Crippen molar-refractivity contribution in [3.05, 3.63) is 10.4 Å². The maximum Gasteiger partial charge on any atom is 0.343 e. The molecule has 0 spiro atoms. The van der Waals surface area contributed by atoms with E-state index in [1.165, 1.54) is 0 Å². The van der Waals surface area contributed by atoms with Crippen LogP contribution in [0.4, 0.5) is 5.82 Å². The molecule has 1 aliphatic rings. The number of carbonyl (C=O) groups excluding carboxylic acids is 3. The van der Waals surface area contributed by atoms with E-state index in [2.05, 4.69) is 30.9 Å². The lowest BCUT2D eigenvalue weighted by atomic mass is 10.1. The number of esters is 2. The first-order valence-electron chi connectivity index (χ1n) is 15.2. The second kappa shape index (κ2) is 16.5. The first-order valence-corrected chi connectivity index (χ1v) is 17.0. The molecule has 0 aromatic carbocycles. The van der Waals surface area contributed by atoms with E-state index in [1.807, 2.05) is 19.0 Å². The zero-order chi connectivity index (χ0) is 35.9. The van der Waals surface area contributed by atoms with Gasteiger partial charge in [-0.25, -0.2) is 15.0 Å². The van der Waals surface area contributed by atoms with E-state index >= 15 is 0 Å². The summed E-state index contributed by atoms with van der Waals surface area (Å²) in [5, 5.41) is 30.7. The third-order valence-electron chi connectivity index (χ3n) is 6.70. The number of rotatable bonds is 18. The van der Waals surface area contributed by atoms with Crippen molar-refractivity contribution in [3.63, 3.8) is 0 Å². The van der Waals surface area contributed by atoms with Crippen LogP contribution in [-0.2, 0) is 42.7 Å². The van der Waals surface area contributed by atoms with Crippen LogP contribution in [0.25, 0.3) is 11.0 Å². The largest absolute Gasteiger partial charge is 0.479 e.